The van der Waals surface area contributed by atoms with Crippen LogP contribution in [0.25, 0.3) is 0 Å². The minimum Gasteiger partial charge on any atom is -0.459 e. The van der Waals surface area contributed by atoms with Gasteiger partial charge in [-0.1, -0.05) is 47.0 Å². The van der Waals surface area contributed by atoms with Crippen LogP contribution in [0.5, 0.6) is 0 Å². The van der Waals surface area contributed by atoms with Crippen LogP contribution in [-0.4, -0.2) is 11.6 Å². The minimum absolute atomic E-state index is 0.0264. The molecule has 0 aromatic heterocycles. The smallest absolute Gasteiger partial charge is 0.308 e. The van der Waals surface area contributed by atoms with Gasteiger partial charge in [0.15, 0.2) is 0 Å². The fraction of sp³-hybridized carbons (Fsp3) is 0.929. The molecule has 0 N–H and O–H groups in total. The molecule has 1 unspecified atom stereocenters. The van der Waals surface area contributed by atoms with Gasteiger partial charge in [-0.05, 0) is 26.2 Å². The Balaban J connectivity index is 4.04. The van der Waals surface area contributed by atoms with Crippen LogP contribution in [0.15, 0.2) is 0 Å². The van der Waals surface area contributed by atoms with Gasteiger partial charge in [0.05, 0.1) is 5.92 Å². The Morgan fingerprint density at radius 1 is 1.19 bits per heavy atom. The van der Waals surface area contributed by atoms with Crippen molar-refractivity contribution in [3.8, 4) is 0 Å². The molecule has 2 nitrogen and oxygen atoms in total. The van der Waals surface area contributed by atoms with E-state index in [2.05, 4.69) is 20.8 Å². The van der Waals surface area contributed by atoms with Crippen LogP contribution in [-0.2, 0) is 9.53 Å². The third-order valence-corrected chi connectivity index (χ3v) is 3.13. The van der Waals surface area contributed by atoms with Crippen molar-refractivity contribution in [1.29, 1.82) is 0 Å². The molecular formula is C14H28O2. The van der Waals surface area contributed by atoms with Gasteiger partial charge < -0.3 is 4.74 Å². The number of carbonyl (C=O) groups is 1. The number of rotatable bonds is 8. The number of esters is 1. The number of unbranched alkanes of at least 4 members (excludes halogenated alkanes) is 3. The normalized spacial score (nSPS) is 14.9. The van der Waals surface area contributed by atoms with E-state index in [4.69, 9.17) is 4.74 Å². The Bertz CT molecular complexity index is 199. The summed E-state index contributed by atoms with van der Waals surface area (Å²) in [5, 5.41) is 0. The summed E-state index contributed by atoms with van der Waals surface area (Å²) in [6.45, 7) is 10.1. The third kappa shape index (κ3) is 6.14. The number of ether oxygens (including phenoxy) is 1. The first-order chi connectivity index (χ1) is 7.45. The summed E-state index contributed by atoms with van der Waals surface area (Å²) in [4.78, 5) is 11.6. The lowest BCUT2D eigenvalue weighted by atomic mass is 9.94. The molecule has 0 aromatic rings. The molecule has 0 spiro atoms. The summed E-state index contributed by atoms with van der Waals surface area (Å²) in [6.07, 6.45) is 6.81. The van der Waals surface area contributed by atoms with E-state index in [0.29, 0.717) is 0 Å². The Morgan fingerprint density at radius 2 is 1.81 bits per heavy atom. The van der Waals surface area contributed by atoms with Gasteiger partial charge in [-0.25, -0.2) is 0 Å². The molecule has 0 radical (unpaired) electrons. The topological polar surface area (TPSA) is 26.3 Å². The van der Waals surface area contributed by atoms with Crippen LogP contribution >= 0.6 is 0 Å². The third-order valence-electron chi connectivity index (χ3n) is 3.13. The first-order valence-corrected chi connectivity index (χ1v) is 6.68. The van der Waals surface area contributed by atoms with Crippen molar-refractivity contribution in [2.75, 3.05) is 0 Å². The summed E-state index contributed by atoms with van der Waals surface area (Å²) in [5.74, 6) is -0.0960. The van der Waals surface area contributed by atoms with Crippen molar-refractivity contribution in [2.45, 2.75) is 78.7 Å². The summed E-state index contributed by atoms with van der Waals surface area (Å²) in [5.41, 5.74) is -0.255. The molecule has 0 rings (SSSR count). The minimum atomic E-state index is -0.255. The first-order valence-electron chi connectivity index (χ1n) is 6.68. The summed E-state index contributed by atoms with van der Waals surface area (Å²) >= 11 is 0. The summed E-state index contributed by atoms with van der Waals surface area (Å²) in [6, 6.07) is 0. The Hall–Kier alpha value is -0.530. The van der Waals surface area contributed by atoms with E-state index in [1.807, 2.05) is 13.8 Å². The van der Waals surface area contributed by atoms with Crippen LogP contribution < -0.4 is 0 Å². The molecule has 1 atom stereocenters. The van der Waals surface area contributed by atoms with Gasteiger partial charge in [0.1, 0.15) is 5.60 Å². The summed E-state index contributed by atoms with van der Waals surface area (Å²) < 4.78 is 5.59. The molecule has 0 bridgehead atoms. The number of hydrogen-bond donors (Lipinski definition) is 0. The van der Waals surface area contributed by atoms with Gasteiger partial charge >= 0.3 is 5.97 Å². The standard InChI is InChI=1S/C14H28O2/c1-6-8-9-10-11-14(5,7-2)16-13(15)12(3)4/h12H,6-11H2,1-5H3. The quantitative estimate of drug-likeness (QED) is 0.456. The van der Waals surface area contributed by atoms with Crippen LogP contribution in [0.3, 0.4) is 0 Å². The average molecular weight is 228 g/mol. The Morgan fingerprint density at radius 3 is 2.25 bits per heavy atom. The highest BCUT2D eigenvalue weighted by Crippen LogP contribution is 2.24. The second-order valence-corrected chi connectivity index (χ2v) is 5.19. The lowest BCUT2D eigenvalue weighted by Crippen LogP contribution is -2.32. The van der Waals surface area contributed by atoms with E-state index < -0.39 is 0 Å². The van der Waals surface area contributed by atoms with E-state index in [0.717, 1.165) is 19.3 Å². The highest BCUT2D eigenvalue weighted by Gasteiger charge is 2.27. The largest absolute Gasteiger partial charge is 0.459 e. The lowest BCUT2D eigenvalue weighted by molar-refractivity contribution is -0.163. The van der Waals surface area contributed by atoms with Gasteiger partial charge in [-0.3, -0.25) is 4.79 Å². The molecule has 0 amide bonds. The molecule has 0 heterocycles. The SMILES string of the molecule is CCCCCCC(C)(CC)OC(=O)C(C)C. The molecule has 0 aliphatic rings. The maximum absolute atomic E-state index is 11.6. The van der Waals surface area contributed by atoms with E-state index in [9.17, 15) is 4.79 Å². The predicted octanol–water partition coefficient (Wildman–Crippen LogP) is 4.32. The molecule has 0 saturated carbocycles. The van der Waals surface area contributed by atoms with Crippen molar-refractivity contribution in [2.24, 2.45) is 5.92 Å². The van der Waals surface area contributed by atoms with Crippen molar-refractivity contribution < 1.29 is 9.53 Å². The van der Waals surface area contributed by atoms with Crippen LogP contribution in [0.1, 0.15) is 73.1 Å². The predicted molar refractivity (Wildman–Crippen MR) is 68.4 cm³/mol. The summed E-state index contributed by atoms with van der Waals surface area (Å²) in [7, 11) is 0. The van der Waals surface area contributed by atoms with Gasteiger partial charge in [-0.15, -0.1) is 0 Å². The van der Waals surface area contributed by atoms with Gasteiger partial charge in [0.25, 0.3) is 0 Å². The first kappa shape index (κ1) is 15.5. The number of hydrogen-bond acceptors (Lipinski definition) is 2. The molecule has 2 heteroatoms. The van der Waals surface area contributed by atoms with Gasteiger partial charge in [0, 0.05) is 0 Å². The van der Waals surface area contributed by atoms with Gasteiger partial charge in [0.2, 0.25) is 0 Å². The fourth-order valence-electron chi connectivity index (χ4n) is 1.59. The van der Waals surface area contributed by atoms with E-state index in [1.165, 1.54) is 19.3 Å². The monoisotopic (exact) mass is 228 g/mol. The van der Waals surface area contributed by atoms with Crippen molar-refractivity contribution >= 4 is 5.97 Å². The molecule has 16 heavy (non-hydrogen) atoms. The van der Waals surface area contributed by atoms with Crippen LogP contribution in [0.4, 0.5) is 0 Å². The second kappa shape index (κ2) is 7.70. The van der Waals surface area contributed by atoms with E-state index >= 15 is 0 Å². The van der Waals surface area contributed by atoms with Crippen LogP contribution in [0, 0.1) is 5.92 Å². The fourth-order valence-corrected chi connectivity index (χ4v) is 1.59. The van der Waals surface area contributed by atoms with E-state index in [1.54, 1.807) is 0 Å². The van der Waals surface area contributed by atoms with E-state index in [-0.39, 0.29) is 17.5 Å². The molecule has 0 fully saturated rings. The second-order valence-electron chi connectivity index (χ2n) is 5.19. The van der Waals surface area contributed by atoms with Crippen molar-refractivity contribution in [1.82, 2.24) is 0 Å². The highest BCUT2D eigenvalue weighted by atomic mass is 16.6. The highest BCUT2D eigenvalue weighted by molar-refractivity contribution is 5.72. The maximum atomic E-state index is 11.6. The Labute approximate surface area is 101 Å². The molecule has 0 saturated heterocycles. The van der Waals surface area contributed by atoms with Gasteiger partial charge in [-0.2, -0.15) is 0 Å². The average Bonchev–Trinajstić information content (AvgIpc) is 2.24. The van der Waals surface area contributed by atoms with Crippen LogP contribution in [0.2, 0.25) is 0 Å². The maximum Gasteiger partial charge on any atom is 0.308 e. The zero-order valence-electron chi connectivity index (χ0n) is 11.6. The molecule has 0 aliphatic heterocycles. The molecule has 96 valence electrons. The molecule has 0 aromatic carbocycles. The molecule has 0 aliphatic carbocycles. The zero-order valence-corrected chi connectivity index (χ0v) is 11.6. The Kier molecular flexibility index (Phi) is 7.44. The number of carbonyl (C=O) groups excluding carboxylic acids is 1. The van der Waals surface area contributed by atoms with Crippen molar-refractivity contribution in [3.05, 3.63) is 0 Å². The molecular weight excluding hydrogens is 200 g/mol. The lowest BCUT2D eigenvalue weighted by Gasteiger charge is -2.29. The zero-order chi connectivity index (χ0) is 12.6. The van der Waals surface area contributed by atoms with Crippen molar-refractivity contribution in [3.63, 3.8) is 0 Å².